The molecule has 2 aromatic rings. The molecule has 2 unspecified atom stereocenters. The minimum Gasteiger partial charge on any atom is -0.497 e. The zero-order valence-corrected chi connectivity index (χ0v) is 13.0. The first-order valence-corrected chi connectivity index (χ1v) is 7.82. The highest BCUT2D eigenvalue weighted by Gasteiger charge is 2.28. The van der Waals surface area contributed by atoms with E-state index in [1.165, 1.54) is 10.5 Å². The molecule has 0 bridgehead atoms. The molecular formula is C17H19NO2S. The summed E-state index contributed by atoms with van der Waals surface area (Å²) in [5.74, 6) is 1.56. The van der Waals surface area contributed by atoms with Crippen LogP contribution in [0, 0.1) is 0 Å². The van der Waals surface area contributed by atoms with Gasteiger partial charge in [0, 0.05) is 22.3 Å². The molecule has 1 aliphatic rings. The Morgan fingerprint density at radius 3 is 2.38 bits per heavy atom. The first-order chi connectivity index (χ1) is 10.2. The van der Waals surface area contributed by atoms with Gasteiger partial charge in [-0.2, -0.15) is 0 Å². The second kappa shape index (κ2) is 6.00. The van der Waals surface area contributed by atoms with E-state index in [4.69, 9.17) is 15.2 Å². The van der Waals surface area contributed by atoms with Crippen LogP contribution in [-0.2, 0) is 6.42 Å². The molecule has 2 aromatic carbocycles. The van der Waals surface area contributed by atoms with Crippen LogP contribution in [0.25, 0.3) is 0 Å². The summed E-state index contributed by atoms with van der Waals surface area (Å²) in [6.45, 7) is 0. The van der Waals surface area contributed by atoms with E-state index in [1.54, 1.807) is 14.2 Å². The van der Waals surface area contributed by atoms with Crippen LogP contribution in [-0.4, -0.2) is 19.5 Å². The van der Waals surface area contributed by atoms with Crippen molar-refractivity contribution >= 4 is 11.8 Å². The van der Waals surface area contributed by atoms with Gasteiger partial charge in [0.15, 0.2) is 0 Å². The topological polar surface area (TPSA) is 44.5 Å². The van der Waals surface area contributed by atoms with Crippen molar-refractivity contribution in [2.75, 3.05) is 14.2 Å². The number of nitrogens with two attached hydrogens (primary N) is 1. The van der Waals surface area contributed by atoms with E-state index >= 15 is 0 Å². The molecule has 0 radical (unpaired) electrons. The molecule has 0 aromatic heterocycles. The normalized spacial score (nSPS) is 18.1. The van der Waals surface area contributed by atoms with Gasteiger partial charge < -0.3 is 15.2 Å². The number of benzene rings is 2. The lowest BCUT2D eigenvalue weighted by atomic mass is 9.99. The molecule has 3 nitrogen and oxygen atoms in total. The molecule has 0 amide bonds. The maximum Gasteiger partial charge on any atom is 0.122 e. The van der Waals surface area contributed by atoms with Gasteiger partial charge in [-0.15, -0.1) is 11.8 Å². The molecule has 2 N–H and O–H groups in total. The second-order valence-corrected chi connectivity index (χ2v) is 6.42. The van der Waals surface area contributed by atoms with Gasteiger partial charge in [-0.25, -0.2) is 0 Å². The first-order valence-electron chi connectivity index (χ1n) is 6.94. The van der Waals surface area contributed by atoms with E-state index in [9.17, 15) is 0 Å². The fraction of sp³-hybridized carbons (Fsp3) is 0.294. The Morgan fingerprint density at radius 1 is 1.10 bits per heavy atom. The molecule has 2 atom stereocenters. The molecule has 110 valence electrons. The third-order valence-electron chi connectivity index (χ3n) is 3.83. The smallest absolute Gasteiger partial charge is 0.122 e. The summed E-state index contributed by atoms with van der Waals surface area (Å²) in [4.78, 5) is 1.34. The van der Waals surface area contributed by atoms with E-state index in [2.05, 4.69) is 24.3 Å². The number of fused-ring (bicyclic) bond motifs is 1. The molecule has 0 saturated heterocycles. The third-order valence-corrected chi connectivity index (χ3v) is 5.25. The van der Waals surface area contributed by atoms with Gasteiger partial charge in [0.2, 0.25) is 0 Å². The number of methoxy groups -OCH3 is 2. The Morgan fingerprint density at radius 2 is 1.76 bits per heavy atom. The van der Waals surface area contributed by atoms with Crippen LogP contribution in [0.15, 0.2) is 47.4 Å². The summed E-state index contributed by atoms with van der Waals surface area (Å²) < 4.78 is 10.7. The molecule has 4 heteroatoms. The van der Waals surface area contributed by atoms with E-state index in [0.717, 1.165) is 23.5 Å². The largest absolute Gasteiger partial charge is 0.497 e. The van der Waals surface area contributed by atoms with Gasteiger partial charge in [-0.05, 0) is 35.7 Å². The van der Waals surface area contributed by atoms with Crippen LogP contribution >= 0.6 is 11.8 Å². The molecule has 0 aliphatic carbocycles. The maximum absolute atomic E-state index is 6.49. The fourth-order valence-electron chi connectivity index (χ4n) is 2.65. The highest BCUT2D eigenvalue weighted by Crippen LogP contribution is 2.42. The van der Waals surface area contributed by atoms with E-state index in [-0.39, 0.29) is 6.04 Å². The number of hydrogen-bond donors (Lipinski definition) is 1. The molecule has 0 fully saturated rings. The lowest BCUT2D eigenvalue weighted by Gasteiger charge is -2.20. The molecule has 1 aliphatic heterocycles. The lowest BCUT2D eigenvalue weighted by molar-refractivity contribution is 0.392. The second-order valence-electron chi connectivity index (χ2n) is 5.14. The summed E-state index contributed by atoms with van der Waals surface area (Å²) in [6.07, 6.45) is 1.00. The van der Waals surface area contributed by atoms with Gasteiger partial charge in [0.25, 0.3) is 0 Å². The standard InChI is InChI=1S/C17H19NO2S/c1-19-13-7-12(8-14(10-13)20-2)17(18)16-9-11-5-3-4-6-15(11)21-16/h3-8,10,16-17H,9,18H2,1-2H3. The quantitative estimate of drug-likeness (QED) is 0.940. The van der Waals surface area contributed by atoms with Crippen LogP contribution in [0.5, 0.6) is 11.5 Å². The summed E-state index contributed by atoms with van der Waals surface area (Å²) >= 11 is 1.86. The Labute approximate surface area is 129 Å². The van der Waals surface area contributed by atoms with Crippen LogP contribution in [0.1, 0.15) is 17.2 Å². The first kappa shape index (κ1) is 14.3. The van der Waals surface area contributed by atoms with E-state index < -0.39 is 0 Å². The van der Waals surface area contributed by atoms with Gasteiger partial charge >= 0.3 is 0 Å². The van der Waals surface area contributed by atoms with Crippen molar-refractivity contribution in [1.82, 2.24) is 0 Å². The Kier molecular flexibility index (Phi) is 4.08. The highest BCUT2D eigenvalue weighted by atomic mass is 32.2. The zero-order chi connectivity index (χ0) is 14.8. The van der Waals surface area contributed by atoms with Crippen molar-refractivity contribution in [3.05, 3.63) is 53.6 Å². The van der Waals surface area contributed by atoms with Gasteiger partial charge in [-0.3, -0.25) is 0 Å². The summed E-state index contributed by atoms with van der Waals surface area (Å²) in [6, 6.07) is 14.3. The van der Waals surface area contributed by atoms with Crippen molar-refractivity contribution < 1.29 is 9.47 Å². The monoisotopic (exact) mass is 301 g/mol. The molecule has 1 heterocycles. The Hall–Kier alpha value is -1.65. The van der Waals surface area contributed by atoms with Crippen molar-refractivity contribution in [1.29, 1.82) is 0 Å². The summed E-state index contributed by atoms with van der Waals surface area (Å²) in [5, 5.41) is 0.346. The van der Waals surface area contributed by atoms with Gasteiger partial charge in [0.05, 0.1) is 14.2 Å². The van der Waals surface area contributed by atoms with Crippen LogP contribution in [0.3, 0.4) is 0 Å². The van der Waals surface area contributed by atoms with Crippen LogP contribution < -0.4 is 15.2 Å². The van der Waals surface area contributed by atoms with Crippen LogP contribution in [0.4, 0.5) is 0 Å². The fourth-order valence-corrected chi connectivity index (χ4v) is 4.00. The molecular weight excluding hydrogens is 282 g/mol. The third kappa shape index (κ3) is 2.87. The average molecular weight is 301 g/mol. The molecule has 21 heavy (non-hydrogen) atoms. The van der Waals surface area contributed by atoms with E-state index in [1.807, 2.05) is 30.0 Å². The predicted octanol–water partition coefficient (Wildman–Crippen LogP) is 3.42. The molecule has 3 rings (SSSR count). The zero-order valence-electron chi connectivity index (χ0n) is 12.2. The van der Waals surface area contributed by atoms with Crippen LogP contribution in [0.2, 0.25) is 0 Å². The summed E-state index contributed by atoms with van der Waals surface area (Å²) in [5.41, 5.74) is 8.93. The van der Waals surface area contributed by atoms with Crippen molar-refractivity contribution in [2.45, 2.75) is 22.6 Å². The predicted molar refractivity (Wildman–Crippen MR) is 86.3 cm³/mol. The lowest BCUT2D eigenvalue weighted by Crippen LogP contribution is -2.23. The molecule has 0 spiro atoms. The summed E-state index contributed by atoms with van der Waals surface area (Å²) in [7, 11) is 3.31. The van der Waals surface area contributed by atoms with Crippen molar-refractivity contribution in [3.8, 4) is 11.5 Å². The number of ether oxygens (including phenoxy) is 2. The minimum absolute atomic E-state index is 0.0496. The Balaban J connectivity index is 1.85. The van der Waals surface area contributed by atoms with Gasteiger partial charge in [0.1, 0.15) is 11.5 Å². The number of thioether (sulfide) groups is 1. The maximum atomic E-state index is 6.49. The average Bonchev–Trinajstić information content (AvgIpc) is 2.97. The van der Waals surface area contributed by atoms with Gasteiger partial charge in [-0.1, -0.05) is 18.2 Å². The van der Waals surface area contributed by atoms with E-state index in [0.29, 0.717) is 5.25 Å². The highest BCUT2D eigenvalue weighted by molar-refractivity contribution is 8.00. The molecule has 0 saturated carbocycles. The minimum atomic E-state index is -0.0496. The Bertz CT molecular complexity index is 597. The van der Waals surface area contributed by atoms with Crippen molar-refractivity contribution in [3.63, 3.8) is 0 Å². The van der Waals surface area contributed by atoms with Crippen molar-refractivity contribution in [2.24, 2.45) is 5.73 Å². The SMILES string of the molecule is COc1cc(OC)cc(C(N)C2Cc3ccccc3S2)c1. The number of hydrogen-bond acceptors (Lipinski definition) is 4. The number of rotatable bonds is 4.